The summed E-state index contributed by atoms with van der Waals surface area (Å²) in [6.07, 6.45) is 2.21. The Balaban J connectivity index is 2.51. The van der Waals surface area contributed by atoms with Crippen molar-refractivity contribution in [1.29, 1.82) is 0 Å². The molecule has 0 unspecified atom stereocenters. The molecule has 0 aliphatic rings. The van der Waals surface area contributed by atoms with Crippen molar-refractivity contribution in [3.63, 3.8) is 0 Å². The molecule has 2 heterocycles. The zero-order chi connectivity index (χ0) is 11.5. The third kappa shape index (κ3) is 1.67. The Morgan fingerprint density at radius 1 is 1.56 bits per heavy atom. The predicted octanol–water partition coefficient (Wildman–Crippen LogP) is 1.32. The maximum absolute atomic E-state index is 11.4. The summed E-state index contributed by atoms with van der Waals surface area (Å²) in [6.45, 7) is 2.03. The fraction of sp³-hybridized carbons (Fsp3) is 0.182. The van der Waals surface area contributed by atoms with Crippen molar-refractivity contribution in [3.8, 4) is 0 Å². The molecule has 0 bridgehead atoms. The molecule has 0 saturated heterocycles. The number of imidazole rings is 1. The van der Waals surface area contributed by atoms with E-state index in [9.17, 15) is 9.59 Å². The molecule has 5 heteroatoms. The molecule has 0 radical (unpaired) electrons. The molecule has 0 aromatic carbocycles. The molecule has 0 aliphatic heterocycles. The van der Waals surface area contributed by atoms with E-state index in [-0.39, 0.29) is 5.69 Å². The van der Waals surface area contributed by atoms with Gasteiger partial charge in [0.05, 0.1) is 12.3 Å². The Morgan fingerprint density at radius 2 is 2.38 bits per heavy atom. The molecular weight excluding hydrogens is 208 g/mol. The van der Waals surface area contributed by atoms with Gasteiger partial charge in [-0.1, -0.05) is 6.07 Å². The lowest BCUT2D eigenvalue weighted by atomic mass is 10.4. The van der Waals surface area contributed by atoms with Crippen molar-refractivity contribution in [2.45, 2.75) is 6.92 Å². The summed E-state index contributed by atoms with van der Waals surface area (Å²) in [5.74, 6) is -0.483. The Hall–Kier alpha value is -2.17. The van der Waals surface area contributed by atoms with E-state index in [1.807, 2.05) is 0 Å². The van der Waals surface area contributed by atoms with Crippen LogP contribution in [-0.4, -0.2) is 28.2 Å². The van der Waals surface area contributed by atoms with Crippen LogP contribution in [0.15, 0.2) is 24.4 Å². The fourth-order valence-electron chi connectivity index (χ4n) is 1.43. The van der Waals surface area contributed by atoms with E-state index >= 15 is 0 Å². The number of ether oxygens (including phenoxy) is 1. The van der Waals surface area contributed by atoms with Crippen LogP contribution in [0.4, 0.5) is 0 Å². The van der Waals surface area contributed by atoms with Gasteiger partial charge in [-0.15, -0.1) is 0 Å². The van der Waals surface area contributed by atoms with Crippen LogP contribution >= 0.6 is 0 Å². The lowest BCUT2D eigenvalue weighted by molar-refractivity contribution is 0.0520. The summed E-state index contributed by atoms with van der Waals surface area (Å²) in [4.78, 5) is 26.3. The second kappa shape index (κ2) is 4.14. The van der Waals surface area contributed by atoms with Crippen molar-refractivity contribution >= 4 is 17.9 Å². The van der Waals surface area contributed by atoms with Gasteiger partial charge in [-0.2, -0.15) is 0 Å². The summed E-state index contributed by atoms with van der Waals surface area (Å²) >= 11 is 0. The number of carbonyl (C=O) groups is 2. The van der Waals surface area contributed by atoms with Gasteiger partial charge < -0.3 is 4.74 Å². The highest BCUT2D eigenvalue weighted by Crippen LogP contribution is 2.08. The van der Waals surface area contributed by atoms with Crippen molar-refractivity contribution in [2.75, 3.05) is 6.61 Å². The number of pyridine rings is 1. The molecule has 0 aliphatic carbocycles. The summed E-state index contributed by atoms with van der Waals surface area (Å²) in [5, 5.41) is 0. The van der Waals surface area contributed by atoms with Crippen LogP contribution in [0.25, 0.3) is 5.65 Å². The Bertz CT molecular complexity index is 545. The second-order valence-electron chi connectivity index (χ2n) is 3.14. The summed E-state index contributed by atoms with van der Waals surface area (Å²) in [5.41, 5.74) is 1.20. The van der Waals surface area contributed by atoms with Gasteiger partial charge in [-0.05, 0) is 19.1 Å². The Morgan fingerprint density at radius 3 is 3.06 bits per heavy atom. The Kier molecular flexibility index (Phi) is 2.68. The standard InChI is InChI=1S/C11H10N2O3/c1-2-16-11(15)9-6-13-8(7-14)4-3-5-10(13)12-9/h3-7H,2H2,1H3. The number of aldehydes is 1. The van der Waals surface area contributed by atoms with Crippen LogP contribution in [0, 0.1) is 0 Å². The van der Waals surface area contributed by atoms with Gasteiger partial charge in [0.25, 0.3) is 0 Å². The van der Waals surface area contributed by atoms with Crippen LogP contribution in [0.3, 0.4) is 0 Å². The zero-order valence-electron chi connectivity index (χ0n) is 8.71. The zero-order valence-corrected chi connectivity index (χ0v) is 8.71. The first kappa shape index (κ1) is 10.4. The van der Waals surface area contributed by atoms with Crippen molar-refractivity contribution < 1.29 is 14.3 Å². The van der Waals surface area contributed by atoms with Gasteiger partial charge in [0.2, 0.25) is 0 Å². The summed E-state index contributed by atoms with van der Waals surface area (Å²) in [7, 11) is 0. The first-order chi connectivity index (χ1) is 7.76. The highest BCUT2D eigenvalue weighted by Gasteiger charge is 2.12. The first-order valence-corrected chi connectivity index (χ1v) is 4.86. The van der Waals surface area contributed by atoms with E-state index in [0.717, 1.165) is 0 Å². The van der Waals surface area contributed by atoms with Crippen molar-refractivity contribution in [3.05, 3.63) is 35.8 Å². The van der Waals surface area contributed by atoms with E-state index < -0.39 is 5.97 Å². The molecule has 5 nitrogen and oxygen atoms in total. The first-order valence-electron chi connectivity index (χ1n) is 4.86. The lowest BCUT2D eigenvalue weighted by Crippen LogP contribution is -2.04. The number of rotatable bonds is 3. The minimum absolute atomic E-state index is 0.205. The molecule has 0 atom stereocenters. The van der Waals surface area contributed by atoms with Gasteiger partial charge >= 0.3 is 5.97 Å². The molecule has 82 valence electrons. The van der Waals surface area contributed by atoms with Crippen LogP contribution in [0.1, 0.15) is 27.9 Å². The van der Waals surface area contributed by atoms with Crippen molar-refractivity contribution in [2.24, 2.45) is 0 Å². The van der Waals surface area contributed by atoms with E-state index in [1.54, 1.807) is 29.5 Å². The topological polar surface area (TPSA) is 60.7 Å². The van der Waals surface area contributed by atoms with Crippen LogP contribution in [-0.2, 0) is 4.74 Å². The summed E-state index contributed by atoms with van der Waals surface area (Å²) < 4.78 is 6.38. The molecule has 0 spiro atoms. The maximum atomic E-state index is 11.4. The Labute approximate surface area is 91.7 Å². The van der Waals surface area contributed by atoms with Gasteiger partial charge in [-0.25, -0.2) is 9.78 Å². The lowest BCUT2D eigenvalue weighted by Gasteiger charge is -1.95. The number of hydrogen-bond acceptors (Lipinski definition) is 4. The smallest absolute Gasteiger partial charge is 0.358 e. The van der Waals surface area contributed by atoms with E-state index in [0.29, 0.717) is 24.2 Å². The van der Waals surface area contributed by atoms with Crippen LogP contribution < -0.4 is 0 Å². The minimum Gasteiger partial charge on any atom is -0.461 e. The largest absolute Gasteiger partial charge is 0.461 e. The highest BCUT2D eigenvalue weighted by atomic mass is 16.5. The van der Waals surface area contributed by atoms with E-state index in [1.165, 1.54) is 6.20 Å². The van der Waals surface area contributed by atoms with Crippen LogP contribution in [0.2, 0.25) is 0 Å². The van der Waals surface area contributed by atoms with Crippen molar-refractivity contribution in [1.82, 2.24) is 9.38 Å². The molecule has 2 aromatic heterocycles. The predicted molar refractivity (Wildman–Crippen MR) is 56.5 cm³/mol. The molecule has 0 fully saturated rings. The SMILES string of the molecule is CCOC(=O)c1cn2c(C=O)cccc2n1. The molecule has 0 N–H and O–H groups in total. The number of fused-ring (bicyclic) bond motifs is 1. The maximum Gasteiger partial charge on any atom is 0.358 e. The normalized spacial score (nSPS) is 10.3. The van der Waals surface area contributed by atoms with Crippen LogP contribution in [0.5, 0.6) is 0 Å². The number of aromatic nitrogens is 2. The van der Waals surface area contributed by atoms with Gasteiger partial charge in [0.1, 0.15) is 5.65 Å². The quantitative estimate of drug-likeness (QED) is 0.576. The minimum atomic E-state index is -0.483. The number of carbonyl (C=O) groups excluding carboxylic acids is 2. The highest BCUT2D eigenvalue weighted by molar-refractivity contribution is 5.88. The fourth-order valence-corrected chi connectivity index (χ4v) is 1.43. The average Bonchev–Trinajstić information content (AvgIpc) is 2.72. The molecule has 0 saturated carbocycles. The number of hydrogen-bond donors (Lipinski definition) is 0. The average molecular weight is 218 g/mol. The monoisotopic (exact) mass is 218 g/mol. The van der Waals surface area contributed by atoms with Gasteiger partial charge in [0, 0.05) is 6.20 Å². The molecule has 2 aromatic rings. The van der Waals surface area contributed by atoms with Gasteiger partial charge in [0.15, 0.2) is 12.0 Å². The van der Waals surface area contributed by atoms with E-state index in [4.69, 9.17) is 4.74 Å². The van der Waals surface area contributed by atoms with E-state index in [2.05, 4.69) is 4.98 Å². The second-order valence-corrected chi connectivity index (χ2v) is 3.14. The molecule has 16 heavy (non-hydrogen) atoms. The number of nitrogens with zero attached hydrogens (tertiary/aromatic N) is 2. The third-order valence-electron chi connectivity index (χ3n) is 2.13. The molecule has 0 amide bonds. The molecule has 2 rings (SSSR count). The summed E-state index contributed by atoms with van der Waals surface area (Å²) in [6, 6.07) is 5.08. The number of esters is 1. The molecular formula is C11H10N2O3. The van der Waals surface area contributed by atoms with Gasteiger partial charge in [-0.3, -0.25) is 9.20 Å². The third-order valence-corrected chi connectivity index (χ3v) is 2.13.